The van der Waals surface area contributed by atoms with E-state index in [0.29, 0.717) is 43.5 Å². The van der Waals surface area contributed by atoms with Crippen LogP contribution in [-0.2, 0) is 15.8 Å². The maximum atomic E-state index is 12.8. The second kappa shape index (κ2) is 7.87. The summed E-state index contributed by atoms with van der Waals surface area (Å²) in [6.07, 6.45) is 4.40. The zero-order valence-corrected chi connectivity index (χ0v) is 16.1. The van der Waals surface area contributed by atoms with E-state index in [1.165, 1.54) is 0 Å². The molecule has 0 bridgehead atoms. The number of ether oxygens (including phenoxy) is 1. The van der Waals surface area contributed by atoms with Crippen LogP contribution in [0.1, 0.15) is 29.0 Å². The Morgan fingerprint density at radius 2 is 1.96 bits per heavy atom. The second-order valence-electron chi connectivity index (χ2n) is 6.84. The normalized spacial score (nSPS) is 17.3. The van der Waals surface area contributed by atoms with Crippen molar-refractivity contribution in [1.82, 2.24) is 10.3 Å². The minimum atomic E-state index is -3.43. The third-order valence-corrected chi connectivity index (χ3v) is 7.54. The number of pyridine rings is 1. The van der Waals surface area contributed by atoms with E-state index < -0.39 is 7.37 Å². The van der Waals surface area contributed by atoms with Crippen molar-refractivity contribution in [3.05, 3.63) is 60.1 Å². The van der Waals surface area contributed by atoms with Gasteiger partial charge in [0.15, 0.2) is 11.3 Å². The summed E-state index contributed by atoms with van der Waals surface area (Å²) in [5, 5.41) is 4.06. The van der Waals surface area contributed by atoms with Crippen LogP contribution >= 0.6 is 7.37 Å². The van der Waals surface area contributed by atoms with Crippen molar-refractivity contribution < 1.29 is 23.4 Å². The van der Waals surface area contributed by atoms with E-state index in [-0.39, 0.29) is 17.3 Å². The minimum absolute atomic E-state index is 0.221. The number of rotatable bonds is 5. The van der Waals surface area contributed by atoms with Crippen molar-refractivity contribution in [1.29, 1.82) is 0 Å². The second-order valence-corrected chi connectivity index (χ2v) is 9.33. The zero-order valence-electron chi connectivity index (χ0n) is 15.2. The molecule has 0 saturated carbocycles. The highest BCUT2D eigenvalue weighted by molar-refractivity contribution is 7.66. The largest absolute Gasteiger partial charge is 0.449 e. The van der Waals surface area contributed by atoms with Crippen molar-refractivity contribution >= 4 is 29.5 Å². The first-order valence-electron chi connectivity index (χ1n) is 9.15. The number of benzene rings is 1. The molecule has 2 aromatic heterocycles. The molecule has 1 amide bonds. The molecule has 8 heteroatoms. The Labute approximate surface area is 162 Å². The van der Waals surface area contributed by atoms with Crippen molar-refractivity contribution in [2.24, 2.45) is 0 Å². The van der Waals surface area contributed by atoms with E-state index >= 15 is 0 Å². The zero-order chi connectivity index (χ0) is 19.6. The molecule has 1 aliphatic heterocycles. The fourth-order valence-corrected chi connectivity index (χ4v) is 5.25. The predicted molar refractivity (Wildman–Crippen MR) is 105 cm³/mol. The third kappa shape index (κ3) is 3.87. The van der Waals surface area contributed by atoms with E-state index in [0.717, 1.165) is 10.9 Å². The monoisotopic (exact) mass is 400 g/mol. The number of nitrogens with zero attached hydrogens (tertiary/aromatic N) is 1. The lowest BCUT2D eigenvalue weighted by Crippen LogP contribution is -2.25. The summed E-state index contributed by atoms with van der Waals surface area (Å²) < 4.78 is 23.6. The van der Waals surface area contributed by atoms with Crippen molar-refractivity contribution in [2.75, 3.05) is 13.2 Å². The lowest BCUT2D eigenvalue weighted by Gasteiger charge is -2.26. The summed E-state index contributed by atoms with van der Waals surface area (Å²) >= 11 is 0. The van der Waals surface area contributed by atoms with Gasteiger partial charge in [0.25, 0.3) is 5.91 Å². The Morgan fingerprint density at radius 3 is 2.68 bits per heavy atom. The highest BCUT2D eigenvalue weighted by Crippen LogP contribution is 2.49. The topological polar surface area (TPSA) is 102 Å². The standard InChI is InChI=1S/C20H21N2O5P/c23-20(18-11-15-5-8-21-13-19(15)27-18)22-12-14-1-3-16(4-2-14)28(24,25)17-6-9-26-10-7-17/h1-5,8,11,13,17H,6-7,9-10,12H2,(H,22,23)(H,24,25). The first kappa shape index (κ1) is 18.9. The number of furan rings is 1. The summed E-state index contributed by atoms with van der Waals surface area (Å²) in [5.74, 6) is -0.102. The lowest BCUT2D eigenvalue weighted by atomic mass is 10.2. The molecule has 1 saturated heterocycles. The summed E-state index contributed by atoms with van der Waals surface area (Å²) in [6, 6.07) is 10.3. The number of aromatic nitrogens is 1. The van der Waals surface area contributed by atoms with E-state index in [1.54, 1.807) is 48.8 Å². The van der Waals surface area contributed by atoms with Crippen LogP contribution < -0.4 is 10.6 Å². The van der Waals surface area contributed by atoms with Crippen LogP contribution in [-0.4, -0.2) is 34.7 Å². The predicted octanol–water partition coefficient (Wildman–Crippen LogP) is 2.83. The van der Waals surface area contributed by atoms with Gasteiger partial charge in [-0.3, -0.25) is 14.3 Å². The average molecular weight is 400 g/mol. The number of fused-ring (bicyclic) bond motifs is 1. The quantitative estimate of drug-likeness (QED) is 0.639. The molecule has 28 heavy (non-hydrogen) atoms. The van der Waals surface area contributed by atoms with Gasteiger partial charge in [0, 0.05) is 42.3 Å². The molecule has 1 aliphatic rings. The first-order valence-corrected chi connectivity index (χ1v) is 10.9. The molecule has 7 nitrogen and oxygen atoms in total. The maximum Gasteiger partial charge on any atom is 0.287 e. The van der Waals surface area contributed by atoms with Gasteiger partial charge in [0.2, 0.25) is 7.37 Å². The molecule has 1 aromatic carbocycles. The molecule has 3 heterocycles. The fourth-order valence-electron chi connectivity index (χ4n) is 3.34. The molecule has 4 rings (SSSR count). The van der Waals surface area contributed by atoms with Crippen LogP contribution in [0.4, 0.5) is 0 Å². The van der Waals surface area contributed by atoms with Crippen LogP contribution in [0.25, 0.3) is 11.0 Å². The number of hydrogen-bond donors (Lipinski definition) is 2. The molecule has 2 N–H and O–H groups in total. The van der Waals surface area contributed by atoms with Gasteiger partial charge < -0.3 is 19.4 Å². The SMILES string of the molecule is O=C(NCc1ccc(P(=O)(O)C2CCOCC2)cc1)c1cc2ccncc2o1. The highest BCUT2D eigenvalue weighted by Gasteiger charge is 2.34. The average Bonchev–Trinajstić information content (AvgIpc) is 3.17. The van der Waals surface area contributed by atoms with Crippen LogP contribution in [0.2, 0.25) is 0 Å². The van der Waals surface area contributed by atoms with Gasteiger partial charge in [-0.1, -0.05) is 12.1 Å². The Morgan fingerprint density at radius 1 is 1.21 bits per heavy atom. The van der Waals surface area contributed by atoms with Crippen molar-refractivity contribution in [3.63, 3.8) is 0 Å². The Bertz CT molecular complexity index is 992. The maximum absolute atomic E-state index is 12.8. The van der Waals surface area contributed by atoms with Crippen molar-refractivity contribution in [2.45, 2.75) is 25.0 Å². The van der Waals surface area contributed by atoms with Gasteiger partial charge in [-0.2, -0.15) is 0 Å². The van der Waals surface area contributed by atoms with E-state index in [4.69, 9.17) is 9.15 Å². The number of nitrogens with one attached hydrogen (secondary N) is 1. The molecule has 1 unspecified atom stereocenters. The number of amides is 1. The summed E-state index contributed by atoms with van der Waals surface area (Å²) in [4.78, 5) is 26.8. The van der Waals surface area contributed by atoms with Gasteiger partial charge in [0.05, 0.1) is 6.20 Å². The van der Waals surface area contributed by atoms with Crippen LogP contribution in [0.15, 0.2) is 53.2 Å². The third-order valence-electron chi connectivity index (χ3n) is 4.99. The molecule has 146 valence electrons. The molecule has 0 spiro atoms. The van der Waals surface area contributed by atoms with Gasteiger partial charge >= 0.3 is 0 Å². The fraction of sp³-hybridized carbons (Fsp3) is 0.300. The molecular formula is C20H21N2O5P. The van der Waals surface area contributed by atoms with E-state index in [2.05, 4.69) is 10.3 Å². The van der Waals surface area contributed by atoms with E-state index in [1.807, 2.05) is 0 Å². The number of hydrogen-bond acceptors (Lipinski definition) is 5. The van der Waals surface area contributed by atoms with Crippen LogP contribution in [0.5, 0.6) is 0 Å². The smallest absolute Gasteiger partial charge is 0.287 e. The summed E-state index contributed by atoms with van der Waals surface area (Å²) in [6.45, 7) is 1.34. The number of carbonyl (C=O) groups excluding carboxylic acids is 1. The van der Waals surface area contributed by atoms with Gasteiger partial charge in [-0.25, -0.2) is 0 Å². The molecular weight excluding hydrogens is 379 g/mol. The van der Waals surface area contributed by atoms with Gasteiger partial charge in [-0.15, -0.1) is 0 Å². The molecule has 3 aromatic rings. The highest BCUT2D eigenvalue weighted by atomic mass is 31.2. The van der Waals surface area contributed by atoms with Crippen LogP contribution in [0.3, 0.4) is 0 Å². The molecule has 1 atom stereocenters. The lowest BCUT2D eigenvalue weighted by molar-refractivity contribution is 0.0925. The first-order chi connectivity index (χ1) is 13.5. The molecule has 1 fully saturated rings. The summed E-state index contributed by atoms with van der Waals surface area (Å²) in [5.41, 5.74) is 1.14. The Hall–Kier alpha value is -2.47. The van der Waals surface area contributed by atoms with E-state index in [9.17, 15) is 14.3 Å². The molecule has 0 radical (unpaired) electrons. The van der Waals surface area contributed by atoms with Gasteiger partial charge in [-0.05, 0) is 42.7 Å². The van der Waals surface area contributed by atoms with Gasteiger partial charge in [0.1, 0.15) is 0 Å². The Balaban J connectivity index is 1.40. The Kier molecular flexibility index (Phi) is 5.31. The van der Waals surface area contributed by atoms with Crippen molar-refractivity contribution in [3.8, 4) is 0 Å². The van der Waals surface area contributed by atoms with Crippen LogP contribution in [0, 0.1) is 0 Å². The molecule has 0 aliphatic carbocycles. The summed E-state index contributed by atoms with van der Waals surface area (Å²) in [7, 11) is -3.43. The minimum Gasteiger partial charge on any atom is -0.449 e. The number of carbonyl (C=O) groups is 1.